The SMILES string of the molecule is COC(=O)c1ccnc(C(=O)OC)c1C(=O)OC.O=C(Oc1ccccc1)c1ccccn1. The van der Waals surface area contributed by atoms with Crippen LogP contribution in [0.5, 0.6) is 5.75 Å². The van der Waals surface area contributed by atoms with Crippen molar-refractivity contribution in [2.45, 2.75) is 0 Å². The summed E-state index contributed by atoms with van der Waals surface area (Å²) in [6.45, 7) is 0. The second kappa shape index (κ2) is 12.3. The summed E-state index contributed by atoms with van der Waals surface area (Å²) in [7, 11) is 3.41. The molecule has 1 aromatic carbocycles. The number of nitrogens with zero attached hydrogens (tertiary/aromatic N) is 2. The van der Waals surface area contributed by atoms with E-state index in [4.69, 9.17) is 4.74 Å². The predicted molar refractivity (Wildman–Crippen MR) is 114 cm³/mol. The number of pyridine rings is 2. The van der Waals surface area contributed by atoms with Crippen LogP contribution in [0.15, 0.2) is 67.0 Å². The average Bonchev–Trinajstić information content (AvgIpc) is 2.88. The van der Waals surface area contributed by atoms with E-state index in [1.165, 1.54) is 12.3 Å². The highest BCUT2D eigenvalue weighted by Gasteiger charge is 2.27. The number of rotatable bonds is 5. The molecule has 3 rings (SSSR count). The van der Waals surface area contributed by atoms with E-state index in [1.54, 1.807) is 48.7 Å². The Hall–Kier alpha value is -4.60. The smallest absolute Gasteiger partial charge is 0.362 e. The molecule has 0 atom stereocenters. The maximum atomic E-state index is 11.6. The second-order valence-electron chi connectivity index (χ2n) is 5.97. The van der Waals surface area contributed by atoms with Crippen molar-refractivity contribution in [3.8, 4) is 5.75 Å². The summed E-state index contributed by atoms with van der Waals surface area (Å²) in [6, 6.07) is 15.3. The molecule has 0 aliphatic rings. The van der Waals surface area contributed by atoms with E-state index in [0.29, 0.717) is 11.4 Å². The number of para-hydroxylation sites is 1. The van der Waals surface area contributed by atoms with Crippen molar-refractivity contribution in [1.29, 1.82) is 0 Å². The zero-order valence-electron chi connectivity index (χ0n) is 18.0. The molecule has 0 N–H and O–H groups in total. The molecule has 0 saturated heterocycles. The molecule has 10 nitrogen and oxygen atoms in total. The molecule has 0 fully saturated rings. The summed E-state index contributed by atoms with van der Waals surface area (Å²) < 4.78 is 18.6. The third-order valence-electron chi connectivity index (χ3n) is 3.95. The van der Waals surface area contributed by atoms with Gasteiger partial charge in [-0.3, -0.25) is 0 Å². The molecule has 0 saturated carbocycles. The van der Waals surface area contributed by atoms with Crippen molar-refractivity contribution in [2.75, 3.05) is 21.3 Å². The molecule has 0 radical (unpaired) electrons. The molecule has 0 spiro atoms. The minimum atomic E-state index is -0.871. The third-order valence-corrected chi connectivity index (χ3v) is 3.95. The van der Waals surface area contributed by atoms with Gasteiger partial charge in [0, 0.05) is 12.4 Å². The first kappa shape index (κ1) is 24.7. The number of carbonyl (C=O) groups excluding carboxylic acids is 4. The maximum absolute atomic E-state index is 11.6. The Labute approximate surface area is 189 Å². The molecule has 0 unspecified atom stereocenters. The largest absolute Gasteiger partial charge is 0.465 e. The Bertz CT molecular complexity index is 1080. The Morgan fingerprint density at radius 2 is 1.27 bits per heavy atom. The molecule has 0 aliphatic carbocycles. The highest BCUT2D eigenvalue weighted by molar-refractivity contribution is 6.09. The highest BCUT2D eigenvalue weighted by Crippen LogP contribution is 2.16. The zero-order valence-corrected chi connectivity index (χ0v) is 18.0. The van der Waals surface area contributed by atoms with Gasteiger partial charge < -0.3 is 18.9 Å². The lowest BCUT2D eigenvalue weighted by molar-refractivity contribution is 0.0531. The van der Waals surface area contributed by atoms with E-state index >= 15 is 0 Å². The lowest BCUT2D eigenvalue weighted by atomic mass is 10.1. The standard InChI is InChI=1S/C12H9NO2.C11H11NO6/c14-12(11-8-4-5-9-13-11)15-10-6-2-1-3-7-10;1-16-9(13)6-4-5-12-8(11(15)18-3)7(6)10(14)17-2/h1-9H;4-5H,1-3H3. The Morgan fingerprint density at radius 1 is 0.636 bits per heavy atom. The Kier molecular flexibility index (Phi) is 9.20. The van der Waals surface area contributed by atoms with Crippen LogP contribution in [0.4, 0.5) is 0 Å². The minimum Gasteiger partial charge on any atom is -0.465 e. The molecule has 33 heavy (non-hydrogen) atoms. The number of carbonyl (C=O) groups is 4. The van der Waals surface area contributed by atoms with Gasteiger partial charge in [0.1, 0.15) is 17.0 Å². The fraction of sp³-hybridized carbons (Fsp3) is 0.130. The molecule has 2 heterocycles. The van der Waals surface area contributed by atoms with Crippen molar-refractivity contribution in [1.82, 2.24) is 9.97 Å². The second-order valence-corrected chi connectivity index (χ2v) is 5.97. The van der Waals surface area contributed by atoms with Crippen molar-refractivity contribution < 1.29 is 38.1 Å². The molecule has 10 heteroatoms. The molecule has 0 aliphatic heterocycles. The monoisotopic (exact) mass is 452 g/mol. The molecule has 170 valence electrons. The van der Waals surface area contributed by atoms with Gasteiger partial charge in [0.25, 0.3) is 0 Å². The summed E-state index contributed by atoms with van der Waals surface area (Å²) in [5.41, 5.74) is -0.382. The number of methoxy groups -OCH3 is 3. The first-order valence-corrected chi connectivity index (χ1v) is 9.35. The van der Waals surface area contributed by atoms with E-state index in [9.17, 15) is 19.2 Å². The highest BCUT2D eigenvalue weighted by atomic mass is 16.5. The van der Waals surface area contributed by atoms with Gasteiger partial charge in [-0.05, 0) is 30.3 Å². The van der Waals surface area contributed by atoms with Gasteiger partial charge in [-0.2, -0.15) is 0 Å². The van der Waals surface area contributed by atoms with Crippen LogP contribution in [0.1, 0.15) is 41.7 Å². The number of ether oxygens (including phenoxy) is 4. The maximum Gasteiger partial charge on any atom is 0.362 e. The summed E-state index contributed by atoms with van der Waals surface area (Å²) in [5, 5.41) is 0. The van der Waals surface area contributed by atoms with Crippen LogP contribution in [0.2, 0.25) is 0 Å². The number of aromatic nitrogens is 2. The van der Waals surface area contributed by atoms with Gasteiger partial charge >= 0.3 is 23.9 Å². The molecular formula is C23H20N2O8. The summed E-state index contributed by atoms with van der Waals surface area (Å²) >= 11 is 0. The fourth-order valence-electron chi connectivity index (χ4n) is 2.43. The first-order valence-electron chi connectivity index (χ1n) is 9.35. The van der Waals surface area contributed by atoms with E-state index in [-0.39, 0.29) is 16.8 Å². The van der Waals surface area contributed by atoms with Crippen molar-refractivity contribution in [2.24, 2.45) is 0 Å². The van der Waals surface area contributed by atoms with Crippen LogP contribution in [-0.4, -0.2) is 55.2 Å². The summed E-state index contributed by atoms with van der Waals surface area (Å²) in [6.07, 6.45) is 2.76. The van der Waals surface area contributed by atoms with Crippen LogP contribution < -0.4 is 4.74 Å². The molecule has 0 amide bonds. The summed E-state index contributed by atoms with van der Waals surface area (Å²) in [4.78, 5) is 53.7. The van der Waals surface area contributed by atoms with Crippen molar-refractivity contribution in [3.05, 3.63) is 89.5 Å². The van der Waals surface area contributed by atoms with E-state index < -0.39 is 23.9 Å². The van der Waals surface area contributed by atoms with Gasteiger partial charge in [-0.25, -0.2) is 29.1 Å². The van der Waals surface area contributed by atoms with Crippen LogP contribution in [0.25, 0.3) is 0 Å². The number of hydrogen-bond acceptors (Lipinski definition) is 10. The summed E-state index contributed by atoms with van der Waals surface area (Å²) in [5.74, 6) is -2.41. The van der Waals surface area contributed by atoms with Crippen molar-refractivity contribution >= 4 is 23.9 Å². The lowest BCUT2D eigenvalue weighted by Crippen LogP contribution is -2.19. The van der Waals surface area contributed by atoms with Gasteiger partial charge in [0.2, 0.25) is 0 Å². The van der Waals surface area contributed by atoms with Crippen LogP contribution in [0, 0.1) is 0 Å². The van der Waals surface area contributed by atoms with Gasteiger partial charge in [0.15, 0.2) is 5.69 Å². The molecule has 3 aromatic rings. The van der Waals surface area contributed by atoms with Crippen LogP contribution in [0.3, 0.4) is 0 Å². The van der Waals surface area contributed by atoms with E-state index in [2.05, 4.69) is 24.2 Å². The van der Waals surface area contributed by atoms with Crippen LogP contribution >= 0.6 is 0 Å². The number of benzene rings is 1. The number of hydrogen-bond donors (Lipinski definition) is 0. The topological polar surface area (TPSA) is 131 Å². The average molecular weight is 452 g/mol. The fourth-order valence-corrected chi connectivity index (χ4v) is 2.43. The molecule has 0 bridgehead atoms. The third kappa shape index (κ3) is 6.69. The quantitative estimate of drug-likeness (QED) is 0.323. The molecular weight excluding hydrogens is 432 g/mol. The Morgan fingerprint density at radius 3 is 1.85 bits per heavy atom. The van der Waals surface area contributed by atoms with Gasteiger partial charge in [-0.15, -0.1) is 0 Å². The van der Waals surface area contributed by atoms with Crippen LogP contribution in [-0.2, 0) is 14.2 Å². The van der Waals surface area contributed by atoms with E-state index in [0.717, 1.165) is 21.3 Å². The minimum absolute atomic E-state index is 0.111. The molecule has 2 aromatic heterocycles. The normalized spacial score (nSPS) is 9.55. The predicted octanol–water partition coefficient (Wildman–Crippen LogP) is 2.74. The number of esters is 4. The van der Waals surface area contributed by atoms with Crippen molar-refractivity contribution in [3.63, 3.8) is 0 Å². The van der Waals surface area contributed by atoms with Gasteiger partial charge in [0.05, 0.1) is 26.9 Å². The zero-order chi connectivity index (χ0) is 24.2. The first-order chi connectivity index (χ1) is 15.9. The van der Waals surface area contributed by atoms with E-state index in [1.807, 2.05) is 6.07 Å². The van der Waals surface area contributed by atoms with Gasteiger partial charge in [-0.1, -0.05) is 24.3 Å². The lowest BCUT2D eigenvalue weighted by Gasteiger charge is -2.09. The Balaban J connectivity index is 0.000000237.